The van der Waals surface area contributed by atoms with Gasteiger partial charge in [0.25, 0.3) is 0 Å². The maximum Gasteiger partial charge on any atom is 0.187 e. The molecule has 4 aromatic heterocycles. The van der Waals surface area contributed by atoms with Gasteiger partial charge in [-0.25, -0.2) is 15.0 Å². The molecule has 0 bridgehead atoms. The van der Waals surface area contributed by atoms with E-state index in [0.717, 1.165) is 61.4 Å². The predicted octanol–water partition coefficient (Wildman–Crippen LogP) is 5.66. The first-order valence-electron chi connectivity index (χ1n) is 10.5. The zero-order chi connectivity index (χ0) is 22.9. The average Bonchev–Trinajstić information content (AvgIpc) is 3.34. The van der Waals surface area contributed by atoms with Crippen LogP contribution in [-0.2, 0) is 11.5 Å². The number of hydrogen-bond donors (Lipinski definition) is 0. The second-order valence-corrected chi connectivity index (χ2v) is 16.5. The number of aryl methyl sites for hydroxylation is 2. The summed E-state index contributed by atoms with van der Waals surface area (Å²) >= 11 is 3.09. The molecule has 32 heavy (non-hydrogen) atoms. The van der Waals surface area contributed by atoms with Crippen LogP contribution < -0.4 is 0 Å². The van der Waals surface area contributed by atoms with Crippen molar-refractivity contribution in [3.8, 4) is 22.0 Å². The van der Waals surface area contributed by atoms with E-state index in [1.165, 1.54) is 0 Å². The number of pyridine rings is 1. The zero-order valence-electron chi connectivity index (χ0n) is 19.3. The summed E-state index contributed by atoms with van der Waals surface area (Å²) in [6, 6.07) is 5.24. The normalized spacial score (nSPS) is 12.1. The first-order valence-corrected chi connectivity index (χ1v) is 16.3. The molecule has 4 aromatic rings. The highest BCUT2D eigenvalue weighted by Gasteiger charge is 2.18. The van der Waals surface area contributed by atoms with Crippen molar-refractivity contribution in [2.45, 2.75) is 51.4 Å². The largest absolute Gasteiger partial charge is 0.361 e. The van der Waals surface area contributed by atoms with E-state index in [0.29, 0.717) is 6.73 Å². The van der Waals surface area contributed by atoms with Gasteiger partial charge in [-0.1, -0.05) is 42.7 Å². The van der Waals surface area contributed by atoms with E-state index in [-0.39, 0.29) is 0 Å². The molecule has 0 N–H and O–H groups in total. The van der Waals surface area contributed by atoms with Crippen LogP contribution in [0.2, 0.25) is 25.7 Å². The van der Waals surface area contributed by atoms with Crippen LogP contribution in [0.1, 0.15) is 10.6 Å². The smallest absolute Gasteiger partial charge is 0.187 e. The third kappa shape index (κ3) is 5.09. The number of ether oxygens (including phenoxy) is 1. The second-order valence-electron chi connectivity index (χ2n) is 8.94. The fraction of sp³-hybridized carbons (Fsp3) is 0.409. The number of nitrogens with zero attached hydrogens (tertiary/aromatic N) is 6. The molecule has 0 aliphatic heterocycles. The Balaban J connectivity index is 1.77. The molecule has 0 saturated heterocycles. The zero-order valence-corrected chi connectivity index (χ0v) is 22.0. The quantitative estimate of drug-likeness (QED) is 0.138. The molecule has 0 fully saturated rings. The van der Waals surface area contributed by atoms with Gasteiger partial charge in [0.15, 0.2) is 10.2 Å². The molecule has 0 amide bonds. The minimum Gasteiger partial charge on any atom is -0.361 e. The highest BCUT2D eigenvalue weighted by Crippen LogP contribution is 2.33. The van der Waals surface area contributed by atoms with E-state index < -0.39 is 8.07 Å². The highest BCUT2D eigenvalue weighted by atomic mass is 32.2. The van der Waals surface area contributed by atoms with Crippen LogP contribution in [0.3, 0.4) is 0 Å². The summed E-state index contributed by atoms with van der Waals surface area (Å²) in [5.41, 5.74) is 4.68. The summed E-state index contributed by atoms with van der Waals surface area (Å²) in [6.45, 7) is 12.3. The van der Waals surface area contributed by atoms with Crippen molar-refractivity contribution in [1.29, 1.82) is 0 Å². The first kappa shape index (κ1) is 23.0. The maximum absolute atomic E-state index is 6.07. The van der Waals surface area contributed by atoms with Gasteiger partial charge in [0.2, 0.25) is 0 Å². The Bertz CT molecular complexity index is 1250. The van der Waals surface area contributed by atoms with E-state index in [1.54, 1.807) is 23.1 Å². The molecule has 7 nitrogen and oxygen atoms in total. The molecule has 4 rings (SSSR count). The Hall–Kier alpha value is -2.14. The number of hydrogen-bond acceptors (Lipinski definition) is 8. The second kappa shape index (κ2) is 9.38. The van der Waals surface area contributed by atoms with Gasteiger partial charge in [0.05, 0.1) is 5.69 Å². The Morgan fingerprint density at radius 2 is 1.94 bits per heavy atom. The number of aromatic nitrogens is 6. The molecular formula is C22H28N6OS2Si. The third-order valence-corrected chi connectivity index (χ3v) is 8.21. The minimum atomic E-state index is -1.15. The van der Waals surface area contributed by atoms with Crippen molar-refractivity contribution in [2.24, 2.45) is 0 Å². The summed E-state index contributed by atoms with van der Waals surface area (Å²) in [7, 11) is -1.15. The molecule has 0 spiro atoms. The van der Waals surface area contributed by atoms with Crippen LogP contribution in [0.5, 0.6) is 0 Å². The van der Waals surface area contributed by atoms with Gasteiger partial charge in [-0.05, 0) is 43.8 Å². The molecule has 0 aliphatic carbocycles. The summed E-state index contributed by atoms with van der Waals surface area (Å²) < 4.78 is 8.15. The molecule has 168 valence electrons. The van der Waals surface area contributed by atoms with Crippen LogP contribution in [-0.4, -0.2) is 50.7 Å². The fourth-order valence-electron chi connectivity index (χ4n) is 3.31. The van der Waals surface area contributed by atoms with Crippen LogP contribution in [0, 0.1) is 13.8 Å². The lowest BCUT2D eigenvalue weighted by Gasteiger charge is -2.15. The molecule has 0 radical (unpaired) electrons. The maximum atomic E-state index is 6.07. The average molecular weight is 485 g/mol. The number of thioether (sulfide) groups is 1. The number of fused-ring (bicyclic) bond motifs is 1. The van der Waals surface area contributed by atoms with Crippen molar-refractivity contribution in [3.63, 3.8) is 0 Å². The Morgan fingerprint density at radius 1 is 1.12 bits per heavy atom. The SMILES string of the molecule is CSc1ncc(C)c(-c2cn(COCC[Si](C)(C)C)c3nc(-c4nnc(C)s4)ccc23)n1. The first-order chi connectivity index (χ1) is 15.2. The molecule has 0 unspecified atom stereocenters. The summed E-state index contributed by atoms with van der Waals surface area (Å²) in [6.07, 6.45) is 5.97. The van der Waals surface area contributed by atoms with E-state index in [1.807, 2.05) is 32.4 Å². The van der Waals surface area contributed by atoms with Gasteiger partial charge in [-0.15, -0.1) is 10.2 Å². The highest BCUT2D eigenvalue weighted by molar-refractivity contribution is 7.98. The van der Waals surface area contributed by atoms with Crippen LogP contribution in [0.25, 0.3) is 33.0 Å². The van der Waals surface area contributed by atoms with Gasteiger partial charge in [0.1, 0.15) is 23.1 Å². The Labute approximate surface area is 197 Å². The summed E-state index contributed by atoms with van der Waals surface area (Å²) in [5.74, 6) is 0. The van der Waals surface area contributed by atoms with Crippen molar-refractivity contribution < 1.29 is 4.74 Å². The lowest BCUT2D eigenvalue weighted by Crippen LogP contribution is -2.22. The van der Waals surface area contributed by atoms with Crippen LogP contribution in [0.4, 0.5) is 0 Å². The van der Waals surface area contributed by atoms with E-state index in [4.69, 9.17) is 14.7 Å². The third-order valence-electron chi connectivity index (χ3n) is 5.08. The van der Waals surface area contributed by atoms with Crippen LogP contribution >= 0.6 is 23.1 Å². The predicted molar refractivity (Wildman–Crippen MR) is 135 cm³/mol. The van der Waals surface area contributed by atoms with Gasteiger partial charge in [-0.3, -0.25) is 0 Å². The van der Waals surface area contributed by atoms with E-state index >= 15 is 0 Å². The minimum absolute atomic E-state index is 0.450. The van der Waals surface area contributed by atoms with Crippen molar-refractivity contribution in [2.75, 3.05) is 12.9 Å². The molecule has 10 heteroatoms. The Kier molecular flexibility index (Phi) is 6.75. The number of rotatable bonds is 8. The van der Waals surface area contributed by atoms with Crippen LogP contribution in [0.15, 0.2) is 29.7 Å². The topological polar surface area (TPSA) is 78.6 Å². The monoisotopic (exact) mass is 484 g/mol. The van der Waals surface area contributed by atoms with Crippen molar-refractivity contribution >= 4 is 42.2 Å². The van der Waals surface area contributed by atoms with E-state index in [9.17, 15) is 0 Å². The van der Waals surface area contributed by atoms with Gasteiger partial charge < -0.3 is 9.30 Å². The Morgan fingerprint density at radius 3 is 2.62 bits per heavy atom. The lowest BCUT2D eigenvalue weighted by molar-refractivity contribution is 0.0899. The van der Waals surface area contributed by atoms with E-state index in [2.05, 4.69) is 51.7 Å². The summed E-state index contributed by atoms with van der Waals surface area (Å²) in [4.78, 5) is 14.2. The molecule has 4 heterocycles. The van der Waals surface area contributed by atoms with Crippen molar-refractivity contribution in [3.05, 3.63) is 35.1 Å². The van der Waals surface area contributed by atoms with Gasteiger partial charge >= 0.3 is 0 Å². The van der Waals surface area contributed by atoms with Gasteiger partial charge in [-0.2, -0.15) is 0 Å². The molecular weight excluding hydrogens is 457 g/mol. The standard InChI is InChI=1S/C22H28N6OS2Si/c1-14-11-23-22(30-3)25-19(14)17-12-28(13-29-9-10-32(4,5)6)20-16(17)7-8-18(24-20)21-27-26-15(2)31-21/h7-8,11-12H,9-10,13H2,1-6H3. The molecule has 0 aliphatic rings. The van der Waals surface area contributed by atoms with Crippen molar-refractivity contribution in [1.82, 2.24) is 29.7 Å². The van der Waals surface area contributed by atoms with Gasteiger partial charge in [0, 0.05) is 38.0 Å². The molecule has 0 atom stereocenters. The molecule has 0 aromatic carbocycles. The lowest BCUT2D eigenvalue weighted by atomic mass is 10.1. The molecule has 0 saturated carbocycles. The fourth-order valence-corrected chi connectivity index (χ4v) is 5.07. The summed E-state index contributed by atoms with van der Waals surface area (Å²) in [5, 5.41) is 12.0.